The van der Waals surface area contributed by atoms with Gasteiger partial charge >= 0.3 is 5.97 Å². The second-order valence-electron chi connectivity index (χ2n) is 8.70. The van der Waals surface area contributed by atoms with Gasteiger partial charge in [-0.25, -0.2) is 0 Å². The molecule has 3 N–H and O–H groups in total. The van der Waals surface area contributed by atoms with Gasteiger partial charge in [-0.05, 0) is 88.9 Å². The lowest BCUT2D eigenvalue weighted by Gasteiger charge is -2.28. The molecule has 2 aromatic carbocycles. The molecule has 0 aliphatic heterocycles. The normalized spacial score (nSPS) is 11.5. The zero-order valence-electron chi connectivity index (χ0n) is 22.0. The van der Waals surface area contributed by atoms with Crippen LogP contribution in [0.25, 0.3) is 0 Å². The van der Waals surface area contributed by atoms with Crippen LogP contribution in [-0.2, 0) is 14.4 Å². The number of hydrogen-bond acceptors (Lipinski definition) is 7. The van der Waals surface area contributed by atoms with Crippen LogP contribution in [0.15, 0.2) is 48.5 Å². The highest BCUT2D eigenvalue weighted by atomic mass is 16.5. The van der Waals surface area contributed by atoms with Crippen molar-refractivity contribution in [2.45, 2.75) is 38.8 Å². The Labute approximate surface area is 218 Å². The molecule has 0 aliphatic carbocycles. The number of carbonyl (C=O) groups excluding carboxylic acids is 2. The Balaban J connectivity index is 2.14. The molecule has 2 amide bonds. The Morgan fingerprint density at radius 2 is 1.59 bits per heavy atom. The van der Waals surface area contributed by atoms with Gasteiger partial charge < -0.3 is 35.0 Å². The maximum atomic E-state index is 13.6. The van der Waals surface area contributed by atoms with Crippen LogP contribution in [0.4, 0.5) is 11.4 Å². The van der Waals surface area contributed by atoms with Crippen LogP contribution in [0.1, 0.15) is 32.6 Å². The van der Waals surface area contributed by atoms with Gasteiger partial charge in [-0.2, -0.15) is 0 Å². The van der Waals surface area contributed by atoms with Crippen LogP contribution in [0, 0.1) is 0 Å². The number of nitrogens with zero attached hydrogens (tertiary/aromatic N) is 2. The van der Waals surface area contributed by atoms with Gasteiger partial charge in [0.1, 0.15) is 11.5 Å². The average molecular weight is 515 g/mol. The molecule has 0 saturated carbocycles. The number of benzene rings is 2. The molecule has 37 heavy (non-hydrogen) atoms. The van der Waals surface area contributed by atoms with Crippen LogP contribution in [-0.4, -0.2) is 74.9 Å². The van der Waals surface area contributed by atoms with E-state index in [4.69, 9.17) is 14.6 Å². The zero-order chi connectivity index (χ0) is 27.2. The van der Waals surface area contributed by atoms with Crippen LogP contribution in [0.2, 0.25) is 0 Å². The lowest BCUT2D eigenvalue weighted by atomic mass is 10.2. The number of hydrogen-bond donors (Lipinski definition) is 3. The molecule has 0 saturated heterocycles. The highest BCUT2D eigenvalue weighted by molar-refractivity contribution is 6.00. The number of carboxylic acid groups (broad SMARTS) is 1. The second-order valence-corrected chi connectivity index (χ2v) is 8.70. The van der Waals surface area contributed by atoms with E-state index in [1.807, 2.05) is 25.9 Å². The van der Waals surface area contributed by atoms with Crippen molar-refractivity contribution in [3.63, 3.8) is 0 Å². The number of anilines is 2. The van der Waals surface area contributed by atoms with Gasteiger partial charge in [0.2, 0.25) is 5.91 Å². The van der Waals surface area contributed by atoms with Gasteiger partial charge in [-0.3, -0.25) is 14.4 Å². The number of carbonyl (C=O) groups is 3. The molecule has 0 aliphatic rings. The number of methoxy groups -OCH3 is 1. The highest BCUT2D eigenvalue weighted by Gasteiger charge is 2.26. The van der Waals surface area contributed by atoms with Crippen LogP contribution >= 0.6 is 0 Å². The first-order valence-electron chi connectivity index (χ1n) is 12.3. The largest absolute Gasteiger partial charge is 0.497 e. The number of amides is 2. The molecular weight excluding hydrogens is 476 g/mol. The number of aliphatic carboxylic acids is 1. The number of likely N-dealkylation sites (N-methyl/N-ethyl adjacent to an activating group) is 1. The molecule has 1 atom stereocenters. The van der Waals surface area contributed by atoms with E-state index in [2.05, 4.69) is 10.6 Å². The molecule has 202 valence electrons. The minimum Gasteiger partial charge on any atom is -0.497 e. The van der Waals surface area contributed by atoms with Gasteiger partial charge in [-0.15, -0.1) is 0 Å². The number of carboxylic acids is 1. The fourth-order valence-corrected chi connectivity index (χ4v) is 3.56. The summed E-state index contributed by atoms with van der Waals surface area (Å²) in [7, 11) is 5.47. The Kier molecular flexibility index (Phi) is 12.2. The summed E-state index contributed by atoms with van der Waals surface area (Å²) in [5, 5.41) is 14.7. The third-order valence-corrected chi connectivity index (χ3v) is 5.50. The third kappa shape index (κ3) is 10.4. The van der Waals surface area contributed by atoms with Crippen LogP contribution < -0.4 is 25.0 Å². The van der Waals surface area contributed by atoms with Crippen molar-refractivity contribution in [3.8, 4) is 11.5 Å². The van der Waals surface area contributed by atoms with Crippen molar-refractivity contribution in [2.75, 3.05) is 51.1 Å². The van der Waals surface area contributed by atoms with Gasteiger partial charge in [-0.1, -0.05) is 0 Å². The first-order chi connectivity index (χ1) is 17.7. The van der Waals surface area contributed by atoms with Gasteiger partial charge in [0.25, 0.3) is 5.91 Å². The predicted molar refractivity (Wildman–Crippen MR) is 143 cm³/mol. The number of rotatable bonds is 16. The maximum absolute atomic E-state index is 13.6. The van der Waals surface area contributed by atoms with Gasteiger partial charge in [0, 0.05) is 30.8 Å². The quantitative estimate of drug-likeness (QED) is 0.231. The Morgan fingerprint density at radius 1 is 0.946 bits per heavy atom. The smallest absolute Gasteiger partial charge is 0.303 e. The van der Waals surface area contributed by atoms with E-state index in [1.54, 1.807) is 60.5 Å². The summed E-state index contributed by atoms with van der Waals surface area (Å²) >= 11 is 0. The van der Waals surface area contributed by atoms with E-state index < -0.39 is 12.1 Å². The first kappa shape index (κ1) is 29.4. The average Bonchev–Trinajstić information content (AvgIpc) is 2.87. The van der Waals surface area contributed by atoms with E-state index in [-0.39, 0.29) is 24.8 Å². The van der Waals surface area contributed by atoms with Crippen LogP contribution in [0.5, 0.6) is 11.5 Å². The molecule has 0 spiro atoms. The highest BCUT2D eigenvalue weighted by Crippen LogP contribution is 2.21. The molecular formula is C27H38N4O6. The molecule has 10 nitrogen and oxygen atoms in total. The molecule has 2 aromatic rings. The summed E-state index contributed by atoms with van der Waals surface area (Å²) in [5.74, 6) is -0.126. The summed E-state index contributed by atoms with van der Waals surface area (Å²) in [6, 6.07) is 14.1. The number of ether oxygens (including phenoxy) is 2. The van der Waals surface area contributed by atoms with E-state index in [9.17, 15) is 14.4 Å². The van der Waals surface area contributed by atoms with E-state index in [1.165, 1.54) is 0 Å². The Morgan fingerprint density at radius 3 is 2.16 bits per heavy atom. The van der Waals surface area contributed by atoms with Gasteiger partial charge in [0.05, 0.1) is 13.7 Å². The molecule has 0 heterocycles. The topological polar surface area (TPSA) is 120 Å². The molecule has 0 aromatic heterocycles. The monoisotopic (exact) mass is 514 g/mol. The standard InChI is InChI=1S/C27H38N4O6/c1-5-31(21-12-16-22(36-4)17-13-21)27(35)26(29-24(32)8-6-18-30(2)3)28-20-10-14-23(15-11-20)37-19-7-9-25(33)34/h10-17,26,28H,5-9,18-19H2,1-4H3,(H,29,32)(H,33,34). The molecule has 0 fully saturated rings. The van der Waals surface area contributed by atoms with Crippen molar-refractivity contribution in [1.82, 2.24) is 10.2 Å². The molecule has 2 rings (SSSR count). The van der Waals surface area contributed by atoms with Gasteiger partial charge in [0.15, 0.2) is 6.17 Å². The summed E-state index contributed by atoms with van der Waals surface area (Å²) < 4.78 is 10.8. The molecule has 1 unspecified atom stereocenters. The summed E-state index contributed by atoms with van der Waals surface area (Å²) in [6.07, 6.45) is 0.422. The van der Waals surface area contributed by atoms with Crippen molar-refractivity contribution in [1.29, 1.82) is 0 Å². The Bertz CT molecular complexity index is 995. The van der Waals surface area contributed by atoms with Crippen molar-refractivity contribution < 1.29 is 29.0 Å². The fourth-order valence-electron chi connectivity index (χ4n) is 3.56. The minimum atomic E-state index is -0.990. The first-order valence-corrected chi connectivity index (χ1v) is 12.3. The van der Waals surface area contributed by atoms with Crippen molar-refractivity contribution in [2.24, 2.45) is 0 Å². The fraction of sp³-hybridized carbons (Fsp3) is 0.444. The Hall–Kier alpha value is -3.79. The molecule has 0 bridgehead atoms. The van der Waals surface area contributed by atoms with Crippen molar-refractivity contribution >= 4 is 29.2 Å². The van der Waals surface area contributed by atoms with E-state index >= 15 is 0 Å². The summed E-state index contributed by atoms with van der Waals surface area (Å²) in [6.45, 7) is 3.33. The minimum absolute atomic E-state index is 0.0415. The lowest BCUT2D eigenvalue weighted by molar-refractivity contribution is -0.137. The summed E-state index contributed by atoms with van der Waals surface area (Å²) in [4.78, 5) is 40.5. The van der Waals surface area contributed by atoms with E-state index in [0.29, 0.717) is 48.7 Å². The summed E-state index contributed by atoms with van der Waals surface area (Å²) in [5.41, 5.74) is 1.31. The van der Waals surface area contributed by atoms with Crippen molar-refractivity contribution in [3.05, 3.63) is 48.5 Å². The molecule has 0 radical (unpaired) electrons. The second kappa shape index (κ2) is 15.4. The van der Waals surface area contributed by atoms with Crippen LogP contribution in [0.3, 0.4) is 0 Å². The third-order valence-electron chi connectivity index (χ3n) is 5.50. The number of nitrogens with one attached hydrogen (secondary N) is 2. The predicted octanol–water partition coefficient (Wildman–Crippen LogP) is 3.19. The van der Waals surface area contributed by atoms with E-state index in [0.717, 1.165) is 6.54 Å². The SMILES string of the molecule is CCN(C(=O)C(NC(=O)CCCN(C)C)Nc1ccc(OCCCC(=O)O)cc1)c1ccc(OC)cc1. The zero-order valence-corrected chi connectivity index (χ0v) is 22.0. The molecule has 10 heteroatoms. The maximum Gasteiger partial charge on any atom is 0.303 e. The lowest BCUT2D eigenvalue weighted by Crippen LogP contribution is -2.53.